The maximum Gasteiger partial charge on any atom is 0.387 e. The highest BCUT2D eigenvalue weighted by Crippen LogP contribution is 2.27. The van der Waals surface area contributed by atoms with Crippen molar-refractivity contribution in [2.75, 3.05) is 0 Å². The second-order valence-corrected chi connectivity index (χ2v) is 2.98. The number of hydrogen-bond acceptors (Lipinski definition) is 3. The van der Waals surface area contributed by atoms with E-state index in [0.29, 0.717) is 0 Å². The number of alkyl halides is 2. The summed E-state index contributed by atoms with van der Waals surface area (Å²) in [5.74, 6) is -2.02. The van der Waals surface area contributed by atoms with Crippen LogP contribution in [0.4, 0.5) is 8.78 Å². The summed E-state index contributed by atoms with van der Waals surface area (Å²) in [6.45, 7) is -1.75. The summed E-state index contributed by atoms with van der Waals surface area (Å²) in [6.07, 6.45) is 0.267. The van der Waals surface area contributed by atoms with Gasteiger partial charge in [-0.15, -0.1) is 0 Å². The normalized spacial score (nSPS) is 10.2. The Hall–Kier alpha value is -1.98. The summed E-state index contributed by atoms with van der Waals surface area (Å²) >= 11 is 0. The van der Waals surface area contributed by atoms with Gasteiger partial charge in [-0.25, -0.2) is 4.79 Å². The summed E-state index contributed by atoms with van der Waals surface area (Å²) in [5, 5.41) is 8.84. The summed E-state index contributed by atoms with van der Waals surface area (Å²) in [7, 11) is 0. The van der Waals surface area contributed by atoms with Crippen molar-refractivity contribution in [2.45, 2.75) is 13.5 Å². The van der Waals surface area contributed by atoms with Crippen LogP contribution in [0.3, 0.4) is 0 Å². The lowest BCUT2D eigenvalue weighted by Gasteiger charge is -2.12. The third-order valence-corrected chi connectivity index (χ3v) is 1.94. The molecule has 0 spiro atoms. The molecule has 0 atom stereocenters. The fourth-order valence-corrected chi connectivity index (χ4v) is 1.27. The van der Waals surface area contributed by atoms with Gasteiger partial charge in [0.05, 0.1) is 5.56 Å². The summed E-state index contributed by atoms with van der Waals surface area (Å²) in [5.41, 5.74) is -0.401. The van der Waals surface area contributed by atoms with E-state index in [1.54, 1.807) is 0 Å². The second kappa shape index (κ2) is 4.69. The smallest absolute Gasteiger partial charge is 0.387 e. The molecule has 1 N–H and O–H groups in total. The number of carboxylic acid groups (broad SMARTS) is 1. The van der Waals surface area contributed by atoms with Crippen LogP contribution in [0, 0.1) is 6.92 Å². The van der Waals surface area contributed by atoms with Gasteiger partial charge in [0.15, 0.2) is 12.0 Å². The van der Waals surface area contributed by atoms with E-state index in [1.807, 2.05) is 0 Å². The number of carbonyl (C=O) groups excluding carboxylic acids is 1. The van der Waals surface area contributed by atoms with E-state index in [-0.39, 0.29) is 17.4 Å². The van der Waals surface area contributed by atoms with Gasteiger partial charge in [0.1, 0.15) is 5.56 Å². The number of carboxylic acids is 1. The molecule has 1 rings (SSSR count). The molecule has 0 heterocycles. The highest BCUT2D eigenvalue weighted by Gasteiger charge is 2.21. The Morgan fingerprint density at radius 1 is 1.50 bits per heavy atom. The molecule has 0 saturated carbocycles. The molecule has 6 heteroatoms. The molecule has 0 aliphatic carbocycles. The molecule has 0 amide bonds. The van der Waals surface area contributed by atoms with Crippen LogP contribution in [-0.2, 0) is 0 Å². The van der Waals surface area contributed by atoms with E-state index < -0.39 is 23.9 Å². The lowest BCUT2D eigenvalue weighted by atomic mass is 10.0. The minimum absolute atomic E-state index is 0.219. The quantitative estimate of drug-likeness (QED) is 0.804. The van der Waals surface area contributed by atoms with Gasteiger partial charge in [0, 0.05) is 0 Å². The number of ether oxygens (including phenoxy) is 1. The number of halogens is 2. The van der Waals surface area contributed by atoms with Gasteiger partial charge in [-0.3, -0.25) is 4.79 Å². The zero-order chi connectivity index (χ0) is 12.3. The van der Waals surface area contributed by atoms with Crippen molar-refractivity contribution in [3.05, 3.63) is 28.8 Å². The highest BCUT2D eigenvalue weighted by molar-refractivity contribution is 5.96. The maximum absolute atomic E-state index is 12.1. The highest BCUT2D eigenvalue weighted by atomic mass is 19.3. The fraction of sp³-hybridized carbons (Fsp3) is 0.200. The molecule has 0 fully saturated rings. The Morgan fingerprint density at radius 2 is 2.12 bits per heavy atom. The number of carbonyl (C=O) groups is 2. The summed E-state index contributed by atoms with van der Waals surface area (Å²) in [4.78, 5) is 21.4. The number of aromatic carboxylic acids is 1. The minimum atomic E-state index is -3.18. The van der Waals surface area contributed by atoms with Crippen molar-refractivity contribution in [2.24, 2.45) is 0 Å². The largest absolute Gasteiger partial charge is 0.478 e. The zero-order valence-electron chi connectivity index (χ0n) is 8.24. The van der Waals surface area contributed by atoms with Gasteiger partial charge in [-0.1, -0.05) is 6.07 Å². The Morgan fingerprint density at radius 3 is 2.56 bits per heavy atom. The lowest BCUT2D eigenvalue weighted by Crippen LogP contribution is -2.11. The van der Waals surface area contributed by atoms with Crippen molar-refractivity contribution in [1.82, 2.24) is 0 Å². The Balaban J connectivity index is 3.42. The van der Waals surface area contributed by atoms with Crippen LogP contribution in [0.15, 0.2) is 12.1 Å². The van der Waals surface area contributed by atoms with Crippen LogP contribution in [0.5, 0.6) is 5.75 Å². The molecule has 0 saturated heterocycles. The van der Waals surface area contributed by atoms with Gasteiger partial charge in [-0.05, 0) is 18.6 Å². The first kappa shape index (κ1) is 12.1. The number of hydrogen-bond donors (Lipinski definition) is 1. The average molecular weight is 230 g/mol. The predicted octanol–water partition coefficient (Wildman–Crippen LogP) is 2.11. The van der Waals surface area contributed by atoms with Gasteiger partial charge < -0.3 is 9.84 Å². The third-order valence-electron chi connectivity index (χ3n) is 1.94. The van der Waals surface area contributed by atoms with Crippen molar-refractivity contribution in [1.29, 1.82) is 0 Å². The van der Waals surface area contributed by atoms with E-state index in [1.165, 1.54) is 19.1 Å². The van der Waals surface area contributed by atoms with Crippen LogP contribution < -0.4 is 4.74 Å². The molecular formula is C10H8F2O4. The van der Waals surface area contributed by atoms with E-state index in [2.05, 4.69) is 4.74 Å². The van der Waals surface area contributed by atoms with Crippen molar-refractivity contribution in [3.8, 4) is 5.75 Å². The predicted molar refractivity (Wildman–Crippen MR) is 50.2 cm³/mol. The molecule has 86 valence electrons. The zero-order valence-corrected chi connectivity index (χ0v) is 8.24. The first-order valence-electron chi connectivity index (χ1n) is 4.24. The fourth-order valence-electron chi connectivity index (χ4n) is 1.27. The van der Waals surface area contributed by atoms with Crippen LogP contribution in [0.1, 0.15) is 26.3 Å². The van der Waals surface area contributed by atoms with E-state index in [0.717, 1.165) is 0 Å². The molecular weight excluding hydrogens is 222 g/mol. The molecule has 16 heavy (non-hydrogen) atoms. The second-order valence-electron chi connectivity index (χ2n) is 2.98. The summed E-state index contributed by atoms with van der Waals surface area (Å²) in [6, 6.07) is 2.58. The standard InChI is InChI=1S/C10H8F2O4/c1-5-2-3-6(4-13)8(16-10(11)12)7(5)9(14)15/h2-4,10H,1H3,(H,14,15). The Kier molecular flexibility index (Phi) is 3.55. The minimum Gasteiger partial charge on any atom is -0.478 e. The van der Waals surface area contributed by atoms with Gasteiger partial charge in [0.2, 0.25) is 0 Å². The molecule has 0 unspecified atom stereocenters. The first-order valence-corrected chi connectivity index (χ1v) is 4.24. The number of rotatable bonds is 4. The van der Waals surface area contributed by atoms with Gasteiger partial charge >= 0.3 is 12.6 Å². The molecule has 0 aliphatic rings. The van der Waals surface area contributed by atoms with Gasteiger partial charge in [0.25, 0.3) is 0 Å². The van der Waals surface area contributed by atoms with Gasteiger partial charge in [-0.2, -0.15) is 8.78 Å². The van der Waals surface area contributed by atoms with Crippen LogP contribution in [0.25, 0.3) is 0 Å². The molecule has 1 aromatic rings. The van der Waals surface area contributed by atoms with Crippen molar-refractivity contribution in [3.63, 3.8) is 0 Å². The van der Waals surface area contributed by atoms with Crippen molar-refractivity contribution < 1.29 is 28.2 Å². The number of benzene rings is 1. The third kappa shape index (κ3) is 2.33. The average Bonchev–Trinajstić information content (AvgIpc) is 2.16. The SMILES string of the molecule is Cc1ccc(C=O)c(OC(F)F)c1C(=O)O. The van der Waals surface area contributed by atoms with Crippen molar-refractivity contribution >= 4 is 12.3 Å². The topological polar surface area (TPSA) is 63.6 Å². The van der Waals surface area contributed by atoms with E-state index in [9.17, 15) is 18.4 Å². The Labute approximate surface area is 89.5 Å². The summed E-state index contributed by atoms with van der Waals surface area (Å²) < 4.78 is 28.2. The van der Waals surface area contributed by atoms with Crippen LogP contribution >= 0.6 is 0 Å². The molecule has 0 aromatic heterocycles. The molecule has 0 radical (unpaired) electrons. The molecule has 4 nitrogen and oxygen atoms in total. The van der Waals surface area contributed by atoms with Crippen LogP contribution in [-0.4, -0.2) is 24.0 Å². The molecule has 0 bridgehead atoms. The molecule has 0 aliphatic heterocycles. The number of aldehydes is 1. The Bertz CT molecular complexity index is 429. The monoisotopic (exact) mass is 230 g/mol. The number of aryl methyl sites for hydroxylation is 1. The van der Waals surface area contributed by atoms with E-state index in [4.69, 9.17) is 5.11 Å². The van der Waals surface area contributed by atoms with Crippen LogP contribution in [0.2, 0.25) is 0 Å². The maximum atomic E-state index is 12.1. The molecule has 1 aromatic carbocycles. The lowest BCUT2D eigenvalue weighted by molar-refractivity contribution is -0.0505. The first-order chi connectivity index (χ1) is 7.47. The van der Waals surface area contributed by atoms with E-state index >= 15 is 0 Å².